The van der Waals surface area contributed by atoms with E-state index < -0.39 is 0 Å². The van der Waals surface area contributed by atoms with E-state index in [2.05, 4.69) is 0 Å². The van der Waals surface area contributed by atoms with Gasteiger partial charge in [0.05, 0.1) is 24.7 Å². The minimum atomic E-state index is 0.0224. The molecule has 3 nitrogen and oxygen atoms in total. The van der Waals surface area contributed by atoms with Crippen molar-refractivity contribution in [3.05, 3.63) is 29.8 Å². The second-order valence-corrected chi connectivity index (χ2v) is 3.79. The van der Waals surface area contributed by atoms with Gasteiger partial charge in [-0.05, 0) is 12.1 Å². The molecule has 4 heteroatoms. The van der Waals surface area contributed by atoms with Crippen molar-refractivity contribution in [2.75, 3.05) is 18.6 Å². The molecule has 0 saturated heterocycles. The number of hydrogen-bond donors (Lipinski definition) is 0. The summed E-state index contributed by atoms with van der Waals surface area (Å²) in [4.78, 5) is 11.6. The van der Waals surface area contributed by atoms with Crippen molar-refractivity contribution in [2.24, 2.45) is 0 Å². The van der Waals surface area contributed by atoms with Crippen LogP contribution in [0.2, 0.25) is 0 Å². The average Bonchev–Trinajstić information content (AvgIpc) is 2.29. The normalized spacial score (nSPS) is 9.33. The Labute approximate surface area is 93.0 Å². The number of nitriles is 1. The number of ketones is 1. The quantitative estimate of drug-likeness (QED) is 0.564. The van der Waals surface area contributed by atoms with Crippen LogP contribution in [0.1, 0.15) is 10.4 Å². The van der Waals surface area contributed by atoms with Gasteiger partial charge in [0.1, 0.15) is 5.75 Å². The summed E-state index contributed by atoms with van der Waals surface area (Å²) >= 11 is 1.32. The van der Waals surface area contributed by atoms with Gasteiger partial charge < -0.3 is 4.74 Å². The number of nitrogens with zero attached hydrogens (tertiary/aromatic N) is 1. The Morgan fingerprint density at radius 1 is 1.60 bits per heavy atom. The molecule has 0 aromatic heterocycles. The van der Waals surface area contributed by atoms with Gasteiger partial charge in [0.2, 0.25) is 0 Å². The molecule has 0 amide bonds. The summed E-state index contributed by atoms with van der Waals surface area (Å²) in [5, 5.41) is 8.33. The maximum Gasteiger partial charge on any atom is 0.172 e. The van der Waals surface area contributed by atoms with Crippen LogP contribution in [0.25, 0.3) is 0 Å². The second-order valence-electron chi connectivity index (χ2n) is 2.81. The predicted octanol–water partition coefficient (Wildman–Crippen LogP) is 2.13. The molecule has 0 fully saturated rings. The summed E-state index contributed by atoms with van der Waals surface area (Å²) in [5.41, 5.74) is 0.625. The van der Waals surface area contributed by atoms with Crippen molar-refractivity contribution in [2.45, 2.75) is 0 Å². The highest BCUT2D eigenvalue weighted by Gasteiger charge is 2.06. The second kappa shape index (κ2) is 6.10. The third-order valence-corrected chi connectivity index (χ3v) is 2.59. The highest BCUT2D eigenvalue weighted by molar-refractivity contribution is 8.00. The number of benzene rings is 1. The number of carbonyl (C=O) groups is 1. The number of Topliss-reactive ketones (excluding diaryl/α,β-unsaturated/α-hetero) is 1. The van der Waals surface area contributed by atoms with Crippen LogP contribution in [0.4, 0.5) is 0 Å². The van der Waals surface area contributed by atoms with E-state index in [4.69, 9.17) is 10.00 Å². The lowest BCUT2D eigenvalue weighted by Crippen LogP contribution is -2.02. The van der Waals surface area contributed by atoms with Crippen LogP contribution in [0, 0.1) is 11.3 Å². The average molecular weight is 221 g/mol. The van der Waals surface area contributed by atoms with E-state index in [0.717, 1.165) is 0 Å². The van der Waals surface area contributed by atoms with Crippen LogP contribution in [-0.4, -0.2) is 24.4 Å². The molecule has 0 aliphatic heterocycles. The SMILES string of the molecule is COc1cccc(C(=O)CSCC#N)c1. The van der Waals surface area contributed by atoms with E-state index in [9.17, 15) is 4.79 Å². The van der Waals surface area contributed by atoms with Crippen LogP contribution in [0.3, 0.4) is 0 Å². The van der Waals surface area contributed by atoms with Crippen molar-refractivity contribution in [3.63, 3.8) is 0 Å². The minimum absolute atomic E-state index is 0.0224. The van der Waals surface area contributed by atoms with Crippen molar-refractivity contribution < 1.29 is 9.53 Å². The van der Waals surface area contributed by atoms with Gasteiger partial charge in [0.15, 0.2) is 5.78 Å². The Hall–Kier alpha value is -1.47. The van der Waals surface area contributed by atoms with E-state index >= 15 is 0 Å². The van der Waals surface area contributed by atoms with Gasteiger partial charge in [-0.1, -0.05) is 12.1 Å². The lowest BCUT2D eigenvalue weighted by atomic mass is 10.1. The summed E-state index contributed by atoms with van der Waals surface area (Å²) in [6.45, 7) is 0. The summed E-state index contributed by atoms with van der Waals surface area (Å²) in [7, 11) is 1.56. The fourth-order valence-electron chi connectivity index (χ4n) is 1.07. The molecule has 0 aliphatic rings. The van der Waals surface area contributed by atoms with E-state index in [0.29, 0.717) is 22.8 Å². The molecule has 0 aliphatic carbocycles. The van der Waals surface area contributed by atoms with Gasteiger partial charge >= 0.3 is 0 Å². The highest BCUT2D eigenvalue weighted by atomic mass is 32.2. The van der Waals surface area contributed by atoms with Crippen LogP contribution in [0.5, 0.6) is 5.75 Å². The number of carbonyl (C=O) groups excluding carboxylic acids is 1. The molecule has 0 unspecified atom stereocenters. The molecule has 15 heavy (non-hydrogen) atoms. The molecule has 0 radical (unpaired) electrons. The summed E-state index contributed by atoms with van der Waals surface area (Å²) < 4.78 is 5.02. The minimum Gasteiger partial charge on any atom is -0.497 e. The Kier molecular flexibility index (Phi) is 4.72. The molecule has 0 bridgehead atoms. The monoisotopic (exact) mass is 221 g/mol. The summed E-state index contributed by atoms with van der Waals surface area (Å²) in [5.74, 6) is 1.37. The van der Waals surface area contributed by atoms with E-state index in [-0.39, 0.29) is 5.78 Å². The topological polar surface area (TPSA) is 50.1 Å². The van der Waals surface area contributed by atoms with Crippen LogP contribution >= 0.6 is 11.8 Å². The zero-order chi connectivity index (χ0) is 11.1. The zero-order valence-electron chi connectivity index (χ0n) is 8.40. The molecular weight excluding hydrogens is 210 g/mol. The van der Waals surface area contributed by atoms with Crippen molar-refractivity contribution in [1.82, 2.24) is 0 Å². The number of hydrogen-bond acceptors (Lipinski definition) is 4. The molecule has 0 saturated carbocycles. The molecule has 1 rings (SSSR count). The Bertz CT molecular complexity index is 384. The largest absolute Gasteiger partial charge is 0.497 e. The number of thioether (sulfide) groups is 1. The first-order valence-electron chi connectivity index (χ1n) is 4.40. The van der Waals surface area contributed by atoms with E-state index in [1.54, 1.807) is 31.4 Å². The number of methoxy groups -OCH3 is 1. The van der Waals surface area contributed by atoms with Gasteiger partial charge in [-0.2, -0.15) is 5.26 Å². The zero-order valence-corrected chi connectivity index (χ0v) is 9.21. The van der Waals surface area contributed by atoms with Gasteiger partial charge in [-0.15, -0.1) is 11.8 Å². The van der Waals surface area contributed by atoms with Gasteiger partial charge in [-0.3, -0.25) is 4.79 Å². The van der Waals surface area contributed by atoms with Gasteiger partial charge in [-0.25, -0.2) is 0 Å². The molecule has 0 spiro atoms. The third kappa shape index (κ3) is 3.64. The standard InChI is InChI=1S/C11H11NO2S/c1-14-10-4-2-3-9(7-10)11(13)8-15-6-5-12/h2-4,7H,6,8H2,1H3. The maximum atomic E-state index is 11.6. The van der Waals surface area contributed by atoms with Gasteiger partial charge in [0, 0.05) is 5.56 Å². The maximum absolute atomic E-state index is 11.6. The number of ether oxygens (including phenoxy) is 1. The fraction of sp³-hybridized carbons (Fsp3) is 0.273. The first-order chi connectivity index (χ1) is 7.27. The first kappa shape index (κ1) is 11.6. The Morgan fingerprint density at radius 2 is 2.40 bits per heavy atom. The molecule has 1 aromatic carbocycles. The fourth-order valence-corrected chi connectivity index (χ4v) is 1.61. The Morgan fingerprint density at radius 3 is 3.07 bits per heavy atom. The molecule has 78 valence electrons. The lowest BCUT2D eigenvalue weighted by Gasteiger charge is -2.02. The molecule has 0 atom stereocenters. The van der Waals surface area contributed by atoms with E-state index in [1.807, 2.05) is 6.07 Å². The molecule has 1 aromatic rings. The predicted molar refractivity (Wildman–Crippen MR) is 60.3 cm³/mol. The highest BCUT2D eigenvalue weighted by Crippen LogP contribution is 2.14. The van der Waals surface area contributed by atoms with Crippen LogP contribution in [-0.2, 0) is 0 Å². The van der Waals surface area contributed by atoms with Crippen molar-refractivity contribution in [1.29, 1.82) is 5.26 Å². The smallest absolute Gasteiger partial charge is 0.172 e. The summed E-state index contributed by atoms with van der Waals surface area (Å²) in [6.07, 6.45) is 0. The van der Waals surface area contributed by atoms with E-state index in [1.165, 1.54) is 11.8 Å². The first-order valence-corrected chi connectivity index (χ1v) is 5.55. The van der Waals surface area contributed by atoms with Gasteiger partial charge in [0.25, 0.3) is 0 Å². The van der Waals surface area contributed by atoms with Crippen molar-refractivity contribution in [3.8, 4) is 11.8 Å². The molecule has 0 N–H and O–H groups in total. The number of rotatable bonds is 5. The lowest BCUT2D eigenvalue weighted by molar-refractivity contribution is 0.102. The summed E-state index contributed by atoms with van der Waals surface area (Å²) in [6, 6.07) is 9.00. The van der Waals surface area contributed by atoms with Crippen LogP contribution < -0.4 is 4.74 Å². The molecular formula is C11H11NO2S. The third-order valence-electron chi connectivity index (χ3n) is 1.79. The van der Waals surface area contributed by atoms with Crippen LogP contribution in [0.15, 0.2) is 24.3 Å². The molecule has 0 heterocycles. The Balaban J connectivity index is 2.61. The van der Waals surface area contributed by atoms with Crippen molar-refractivity contribution >= 4 is 17.5 Å².